The van der Waals surface area contributed by atoms with Crippen LogP contribution >= 0.6 is 0 Å². The molecule has 3 heteroatoms. The summed E-state index contributed by atoms with van der Waals surface area (Å²) in [5, 5.41) is 3.37. The molecule has 0 aliphatic carbocycles. The van der Waals surface area contributed by atoms with Crippen molar-refractivity contribution in [2.75, 3.05) is 39.9 Å². The van der Waals surface area contributed by atoms with Crippen LogP contribution < -0.4 is 5.32 Å². The van der Waals surface area contributed by atoms with Crippen LogP contribution in [0.15, 0.2) is 0 Å². The van der Waals surface area contributed by atoms with Crippen molar-refractivity contribution in [2.24, 2.45) is 17.8 Å². The van der Waals surface area contributed by atoms with Gasteiger partial charge in [0.05, 0.1) is 13.2 Å². The molecule has 2 saturated heterocycles. The van der Waals surface area contributed by atoms with Crippen LogP contribution in [0.5, 0.6) is 0 Å². The predicted octanol–water partition coefficient (Wildman–Crippen LogP) is 1.20. The summed E-state index contributed by atoms with van der Waals surface area (Å²) < 4.78 is 5.56. The Kier molecular flexibility index (Phi) is 4.22. The second kappa shape index (κ2) is 5.48. The average Bonchev–Trinajstić information content (AvgIpc) is 2.87. The molecular formula is C13H26N2O. The van der Waals surface area contributed by atoms with Gasteiger partial charge in [0.25, 0.3) is 0 Å². The minimum absolute atomic E-state index is 0.568. The first-order chi connectivity index (χ1) is 7.70. The molecule has 2 aliphatic rings. The third-order valence-corrected chi connectivity index (χ3v) is 4.31. The summed E-state index contributed by atoms with van der Waals surface area (Å²) in [4.78, 5) is 2.63. The molecule has 0 saturated carbocycles. The fourth-order valence-corrected chi connectivity index (χ4v) is 3.00. The smallest absolute Gasteiger partial charge is 0.0623 e. The van der Waals surface area contributed by atoms with Crippen LogP contribution in [0.25, 0.3) is 0 Å². The van der Waals surface area contributed by atoms with Gasteiger partial charge < -0.3 is 15.0 Å². The highest BCUT2D eigenvalue weighted by molar-refractivity contribution is 4.86. The molecule has 2 rings (SSSR count). The van der Waals surface area contributed by atoms with Gasteiger partial charge in [-0.05, 0) is 31.8 Å². The Balaban J connectivity index is 1.78. The first-order valence-corrected chi connectivity index (χ1v) is 6.68. The molecule has 94 valence electrons. The maximum Gasteiger partial charge on any atom is 0.0623 e. The van der Waals surface area contributed by atoms with E-state index in [1.54, 1.807) is 0 Å². The molecule has 0 amide bonds. The lowest BCUT2D eigenvalue weighted by molar-refractivity contribution is 0.172. The Labute approximate surface area is 99.5 Å². The van der Waals surface area contributed by atoms with Gasteiger partial charge in [-0.15, -0.1) is 0 Å². The Hall–Kier alpha value is -0.120. The van der Waals surface area contributed by atoms with E-state index in [0.29, 0.717) is 12.0 Å². The minimum Gasteiger partial charge on any atom is -0.379 e. The molecule has 2 heterocycles. The van der Waals surface area contributed by atoms with Gasteiger partial charge in [-0.3, -0.25) is 0 Å². The van der Waals surface area contributed by atoms with Gasteiger partial charge >= 0.3 is 0 Å². The molecule has 0 radical (unpaired) electrons. The van der Waals surface area contributed by atoms with Gasteiger partial charge in [0.1, 0.15) is 0 Å². The van der Waals surface area contributed by atoms with Gasteiger partial charge in [0.15, 0.2) is 0 Å². The summed E-state index contributed by atoms with van der Waals surface area (Å²) in [6, 6.07) is 0.568. The number of nitrogens with zero attached hydrogens (tertiary/aromatic N) is 1. The Morgan fingerprint density at radius 1 is 1.38 bits per heavy atom. The monoisotopic (exact) mass is 226 g/mol. The number of nitrogens with one attached hydrogen (secondary N) is 1. The van der Waals surface area contributed by atoms with Crippen molar-refractivity contribution < 1.29 is 4.74 Å². The quantitative estimate of drug-likeness (QED) is 0.779. The van der Waals surface area contributed by atoms with Crippen LogP contribution in [0.2, 0.25) is 0 Å². The zero-order valence-corrected chi connectivity index (χ0v) is 10.9. The van der Waals surface area contributed by atoms with E-state index < -0.39 is 0 Å². The molecule has 1 N–H and O–H groups in total. The highest BCUT2D eigenvalue weighted by atomic mass is 16.5. The molecule has 3 atom stereocenters. The van der Waals surface area contributed by atoms with Gasteiger partial charge in [0, 0.05) is 25.0 Å². The lowest BCUT2D eigenvalue weighted by atomic mass is 9.95. The molecule has 0 aromatic rings. The van der Waals surface area contributed by atoms with Crippen molar-refractivity contribution in [3.05, 3.63) is 0 Å². The lowest BCUT2D eigenvalue weighted by Crippen LogP contribution is -2.39. The normalized spacial score (nSPS) is 36.4. The van der Waals surface area contributed by atoms with Crippen molar-refractivity contribution in [2.45, 2.75) is 26.3 Å². The lowest BCUT2D eigenvalue weighted by Gasteiger charge is -2.24. The fraction of sp³-hybridized carbons (Fsp3) is 1.00. The third kappa shape index (κ3) is 2.76. The molecule has 0 bridgehead atoms. The molecule has 2 aliphatic heterocycles. The first kappa shape index (κ1) is 12.3. The zero-order valence-electron chi connectivity index (χ0n) is 10.9. The molecule has 2 fully saturated rings. The van der Waals surface area contributed by atoms with E-state index in [1.165, 1.54) is 26.1 Å². The van der Waals surface area contributed by atoms with Gasteiger partial charge in [-0.1, -0.05) is 13.8 Å². The molecule has 0 aromatic heterocycles. The molecule has 0 spiro atoms. The van der Waals surface area contributed by atoms with Crippen LogP contribution in [0.1, 0.15) is 20.3 Å². The van der Waals surface area contributed by atoms with Crippen molar-refractivity contribution in [1.29, 1.82) is 0 Å². The summed E-state index contributed by atoms with van der Waals surface area (Å²) in [6.45, 7) is 10.3. The van der Waals surface area contributed by atoms with E-state index in [0.717, 1.165) is 25.0 Å². The van der Waals surface area contributed by atoms with Crippen LogP contribution in [0.3, 0.4) is 0 Å². The van der Waals surface area contributed by atoms with E-state index in [-0.39, 0.29) is 0 Å². The third-order valence-electron chi connectivity index (χ3n) is 4.31. The Morgan fingerprint density at radius 2 is 2.19 bits per heavy atom. The summed E-state index contributed by atoms with van der Waals surface area (Å²) in [7, 11) is 2.05. The van der Waals surface area contributed by atoms with Gasteiger partial charge in [-0.25, -0.2) is 0 Å². The maximum atomic E-state index is 5.56. The molecular weight excluding hydrogens is 200 g/mol. The van der Waals surface area contributed by atoms with E-state index in [2.05, 4.69) is 24.1 Å². The number of likely N-dealkylation sites (N-methyl/N-ethyl adjacent to an activating group) is 1. The molecule has 3 nitrogen and oxygen atoms in total. The summed E-state index contributed by atoms with van der Waals surface area (Å²) >= 11 is 0. The van der Waals surface area contributed by atoms with Crippen molar-refractivity contribution >= 4 is 0 Å². The standard InChI is InChI=1S/C13H26N2O/c1-10(2)11-4-5-15(6-11)7-12-8-16-9-13(12)14-3/h10-14H,4-9H2,1-3H3. The number of rotatable bonds is 4. The summed E-state index contributed by atoms with van der Waals surface area (Å²) in [6.07, 6.45) is 1.38. The largest absolute Gasteiger partial charge is 0.379 e. The topological polar surface area (TPSA) is 24.5 Å². The van der Waals surface area contributed by atoms with E-state index in [4.69, 9.17) is 4.74 Å². The Morgan fingerprint density at radius 3 is 2.81 bits per heavy atom. The van der Waals surface area contributed by atoms with Crippen molar-refractivity contribution in [3.8, 4) is 0 Å². The van der Waals surface area contributed by atoms with Crippen LogP contribution in [-0.2, 0) is 4.74 Å². The minimum atomic E-state index is 0.568. The zero-order chi connectivity index (χ0) is 11.5. The maximum absolute atomic E-state index is 5.56. The number of hydrogen-bond donors (Lipinski definition) is 1. The van der Waals surface area contributed by atoms with Crippen molar-refractivity contribution in [3.63, 3.8) is 0 Å². The molecule has 16 heavy (non-hydrogen) atoms. The summed E-state index contributed by atoms with van der Waals surface area (Å²) in [5.74, 6) is 2.44. The van der Waals surface area contributed by atoms with E-state index >= 15 is 0 Å². The number of ether oxygens (including phenoxy) is 1. The highest BCUT2D eigenvalue weighted by Crippen LogP contribution is 2.25. The first-order valence-electron chi connectivity index (χ1n) is 6.68. The molecule has 3 unspecified atom stereocenters. The molecule has 0 aromatic carbocycles. The van der Waals surface area contributed by atoms with Crippen LogP contribution in [0.4, 0.5) is 0 Å². The Bertz CT molecular complexity index is 220. The van der Waals surface area contributed by atoms with Gasteiger partial charge in [0.2, 0.25) is 0 Å². The number of hydrogen-bond acceptors (Lipinski definition) is 3. The van der Waals surface area contributed by atoms with E-state index in [9.17, 15) is 0 Å². The SMILES string of the molecule is CNC1COCC1CN1CCC(C(C)C)C1. The van der Waals surface area contributed by atoms with E-state index in [1.807, 2.05) is 7.05 Å². The predicted molar refractivity (Wildman–Crippen MR) is 66.5 cm³/mol. The van der Waals surface area contributed by atoms with Crippen LogP contribution in [0, 0.1) is 17.8 Å². The second-order valence-corrected chi connectivity index (χ2v) is 5.75. The highest BCUT2D eigenvalue weighted by Gasteiger charge is 2.32. The van der Waals surface area contributed by atoms with Crippen LogP contribution in [-0.4, -0.2) is 50.8 Å². The van der Waals surface area contributed by atoms with Gasteiger partial charge in [-0.2, -0.15) is 0 Å². The van der Waals surface area contributed by atoms with Crippen molar-refractivity contribution in [1.82, 2.24) is 10.2 Å². The number of likely N-dealkylation sites (tertiary alicyclic amines) is 1. The average molecular weight is 226 g/mol. The second-order valence-electron chi connectivity index (χ2n) is 5.75. The summed E-state index contributed by atoms with van der Waals surface area (Å²) in [5.41, 5.74) is 0. The fourth-order valence-electron chi connectivity index (χ4n) is 3.00.